The van der Waals surface area contributed by atoms with E-state index in [-0.39, 0.29) is 11.3 Å². The summed E-state index contributed by atoms with van der Waals surface area (Å²) in [6.07, 6.45) is 9.84. The molecule has 8 heteroatoms. The Hall–Kier alpha value is -2.48. The number of hydrogen-bond donors (Lipinski definition) is 0. The molecule has 0 saturated carbocycles. The lowest BCUT2D eigenvalue weighted by atomic mass is 9.77. The van der Waals surface area contributed by atoms with Crippen molar-refractivity contribution in [2.45, 2.75) is 31.1 Å². The van der Waals surface area contributed by atoms with E-state index in [4.69, 9.17) is 4.98 Å². The van der Waals surface area contributed by atoms with E-state index < -0.39 is 0 Å². The minimum Gasteiger partial charge on any atom is -0.347 e. The predicted octanol–water partition coefficient (Wildman–Crippen LogP) is 2.37. The molecule has 4 heterocycles. The highest BCUT2D eigenvalue weighted by molar-refractivity contribution is 7.15. The zero-order chi connectivity index (χ0) is 18.6. The number of likely N-dealkylation sites (tertiary alicyclic amines) is 1. The van der Waals surface area contributed by atoms with Crippen LogP contribution in [-0.4, -0.2) is 57.3 Å². The van der Waals surface area contributed by atoms with Crippen molar-refractivity contribution in [3.63, 3.8) is 0 Å². The molecule has 1 saturated heterocycles. The zero-order valence-electron chi connectivity index (χ0n) is 15.6. The second kappa shape index (κ2) is 6.02. The molecule has 1 aliphatic carbocycles. The van der Waals surface area contributed by atoms with Crippen LogP contribution in [0.15, 0.2) is 24.0 Å². The molecule has 0 radical (unpaired) electrons. The van der Waals surface area contributed by atoms with E-state index in [0.717, 1.165) is 48.8 Å². The van der Waals surface area contributed by atoms with Gasteiger partial charge in [-0.2, -0.15) is 0 Å². The maximum absolute atomic E-state index is 13.1. The molecule has 1 unspecified atom stereocenters. The van der Waals surface area contributed by atoms with Crippen LogP contribution in [0, 0.1) is 0 Å². The van der Waals surface area contributed by atoms with Crippen LogP contribution in [0.5, 0.6) is 0 Å². The third-order valence-electron chi connectivity index (χ3n) is 5.80. The largest absolute Gasteiger partial charge is 0.347 e. The monoisotopic (exact) mass is 382 g/mol. The number of rotatable bonds is 2. The van der Waals surface area contributed by atoms with Crippen LogP contribution < -0.4 is 4.90 Å². The molecule has 0 aromatic carbocycles. The van der Waals surface area contributed by atoms with Gasteiger partial charge in [-0.05, 0) is 31.2 Å². The van der Waals surface area contributed by atoms with Gasteiger partial charge in [-0.1, -0.05) is 0 Å². The summed E-state index contributed by atoms with van der Waals surface area (Å²) in [5.74, 6) is 0.771. The van der Waals surface area contributed by atoms with Crippen LogP contribution in [-0.2, 0) is 11.8 Å². The molecule has 1 spiro atoms. The highest BCUT2D eigenvalue weighted by Gasteiger charge is 2.45. The number of amides is 1. The van der Waals surface area contributed by atoms with Crippen molar-refractivity contribution in [2.24, 2.45) is 0 Å². The summed E-state index contributed by atoms with van der Waals surface area (Å²) in [6, 6.07) is 0. The van der Waals surface area contributed by atoms with Gasteiger partial charge in [-0.25, -0.2) is 15.0 Å². The number of imidazole rings is 1. The molecule has 0 N–H and O–H groups in total. The molecule has 5 rings (SSSR count). The summed E-state index contributed by atoms with van der Waals surface area (Å²) in [5.41, 5.74) is 2.87. The fourth-order valence-corrected chi connectivity index (χ4v) is 5.14. The van der Waals surface area contributed by atoms with Crippen molar-refractivity contribution >= 4 is 28.2 Å². The van der Waals surface area contributed by atoms with Gasteiger partial charge in [-0.15, -0.1) is 11.3 Å². The lowest BCUT2D eigenvalue weighted by Crippen LogP contribution is -2.48. The van der Waals surface area contributed by atoms with Gasteiger partial charge in [0.2, 0.25) is 5.95 Å². The molecule has 27 heavy (non-hydrogen) atoms. The third kappa shape index (κ3) is 2.62. The van der Waals surface area contributed by atoms with Crippen LogP contribution >= 0.6 is 11.3 Å². The number of aromatic nitrogens is 4. The van der Waals surface area contributed by atoms with Crippen LogP contribution in [0.3, 0.4) is 0 Å². The van der Waals surface area contributed by atoms with Crippen molar-refractivity contribution in [2.75, 3.05) is 32.1 Å². The van der Waals surface area contributed by atoms with Crippen LogP contribution in [0.1, 0.15) is 41.0 Å². The van der Waals surface area contributed by atoms with Gasteiger partial charge in [0, 0.05) is 56.6 Å². The van der Waals surface area contributed by atoms with Gasteiger partial charge in [0.15, 0.2) is 4.96 Å². The normalized spacial score (nSPS) is 21.8. The van der Waals surface area contributed by atoms with Crippen molar-refractivity contribution in [3.05, 3.63) is 40.9 Å². The van der Waals surface area contributed by atoms with Crippen molar-refractivity contribution in [3.8, 4) is 0 Å². The first-order valence-corrected chi connectivity index (χ1v) is 10.2. The Balaban J connectivity index is 1.46. The van der Waals surface area contributed by atoms with E-state index in [1.807, 2.05) is 52.3 Å². The molecular weight excluding hydrogens is 360 g/mol. The highest BCUT2D eigenvalue weighted by Crippen LogP contribution is 2.44. The van der Waals surface area contributed by atoms with Crippen molar-refractivity contribution in [1.82, 2.24) is 24.3 Å². The standard InChI is InChI=1S/C19H22N6OS/c1-23(2)17-20-10-13-4-6-19(15(13)22-17)5-3-7-25(12-19)16(26)14-11-24-8-9-27-18(24)21-14/h8-11H,3-7,12H2,1-2H3. The lowest BCUT2D eigenvalue weighted by molar-refractivity contribution is 0.0628. The van der Waals surface area contributed by atoms with E-state index in [9.17, 15) is 4.79 Å². The van der Waals surface area contributed by atoms with Gasteiger partial charge in [0.05, 0.1) is 5.69 Å². The molecule has 0 bridgehead atoms. The molecule has 3 aromatic rings. The van der Waals surface area contributed by atoms with Crippen LogP contribution in [0.25, 0.3) is 4.96 Å². The molecule has 3 aromatic heterocycles. The van der Waals surface area contributed by atoms with E-state index in [1.165, 1.54) is 5.56 Å². The van der Waals surface area contributed by atoms with Crippen molar-refractivity contribution in [1.29, 1.82) is 0 Å². The number of fused-ring (bicyclic) bond motifs is 3. The summed E-state index contributed by atoms with van der Waals surface area (Å²) in [5, 5.41) is 1.98. The summed E-state index contributed by atoms with van der Waals surface area (Å²) < 4.78 is 1.92. The van der Waals surface area contributed by atoms with Gasteiger partial charge >= 0.3 is 0 Å². The quantitative estimate of drug-likeness (QED) is 0.681. The topological polar surface area (TPSA) is 66.6 Å². The van der Waals surface area contributed by atoms with Gasteiger partial charge < -0.3 is 9.80 Å². The SMILES string of the molecule is CN(C)c1ncc2c(n1)C1(CCCN(C(=O)c3cn4ccsc4n3)C1)CC2. The Bertz CT molecular complexity index is 992. The number of carbonyl (C=O) groups excluding carboxylic acids is 1. The number of thiazole rings is 1. The summed E-state index contributed by atoms with van der Waals surface area (Å²) in [6.45, 7) is 1.50. The summed E-state index contributed by atoms with van der Waals surface area (Å²) >= 11 is 1.55. The Kier molecular flexibility index (Phi) is 3.72. The lowest BCUT2D eigenvalue weighted by Gasteiger charge is -2.40. The Morgan fingerprint density at radius 1 is 1.30 bits per heavy atom. The number of anilines is 1. The van der Waals surface area contributed by atoms with E-state index in [1.54, 1.807) is 11.3 Å². The smallest absolute Gasteiger partial charge is 0.274 e. The molecule has 140 valence electrons. The number of carbonyl (C=O) groups is 1. The minimum atomic E-state index is -0.0476. The van der Waals surface area contributed by atoms with Crippen LogP contribution in [0.4, 0.5) is 5.95 Å². The average Bonchev–Trinajstić information content (AvgIpc) is 3.35. The summed E-state index contributed by atoms with van der Waals surface area (Å²) in [7, 11) is 3.93. The molecule has 1 atom stereocenters. The average molecular weight is 382 g/mol. The van der Waals surface area contributed by atoms with Gasteiger partial charge in [0.1, 0.15) is 5.69 Å². The van der Waals surface area contributed by atoms with Crippen molar-refractivity contribution < 1.29 is 4.79 Å². The molecule has 2 aliphatic rings. The number of nitrogens with zero attached hydrogens (tertiary/aromatic N) is 6. The first-order valence-electron chi connectivity index (χ1n) is 9.31. The van der Waals surface area contributed by atoms with Gasteiger partial charge in [-0.3, -0.25) is 9.20 Å². The zero-order valence-corrected chi connectivity index (χ0v) is 16.4. The maximum atomic E-state index is 13.1. The minimum absolute atomic E-state index is 0.0281. The number of piperidine rings is 1. The Morgan fingerprint density at radius 3 is 3.00 bits per heavy atom. The number of aryl methyl sites for hydroxylation is 1. The molecule has 7 nitrogen and oxygen atoms in total. The number of hydrogen-bond acceptors (Lipinski definition) is 6. The fourth-order valence-electron chi connectivity index (χ4n) is 4.44. The maximum Gasteiger partial charge on any atom is 0.274 e. The molecule has 1 aliphatic heterocycles. The predicted molar refractivity (Wildman–Crippen MR) is 105 cm³/mol. The first-order chi connectivity index (χ1) is 13.1. The van der Waals surface area contributed by atoms with E-state index in [0.29, 0.717) is 12.2 Å². The Morgan fingerprint density at radius 2 is 2.19 bits per heavy atom. The van der Waals surface area contributed by atoms with Gasteiger partial charge in [0.25, 0.3) is 5.91 Å². The van der Waals surface area contributed by atoms with Crippen LogP contribution in [0.2, 0.25) is 0 Å². The molecule has 1 amide bonds. The molecule has 1 fully saturated rings. The fraction of sp³-hybridized carbons (Fsp3) is 0.474. The summed E-state index contributed by atoms with van der Waals surface area (Å²) in [4.78, 5) is 31.7. The highest BCUT2D eigenvalue weighted by atomic mass is 32.1. The molecular formula is C19H22N6OS. The van der Waals surface area contributed by atoms with E-state index in [2.05, 4.69) is 9.97 Å². The Labute approximate surface area is 161 Å². The van der Waals surface area contributed by atoms with E-state index >= 15 is 0 Å². The second-order valence-electron chi connectivity index (χ2n) is 7.77. The second-order valence-corrected chi connectivity index (χ2v) is 8.64. The first kappa shape index (κ1) is 16.7. The third-order valence-corrected chi connectivity index (χ3v) is 6.57.